The van der Waals surface area contributed by atoms with E-state index in [2.05, 4.69) is 15.5 Å². The molecule has 3 rings (SSSR count). The summed E-state index contributed by atoms with van der Waals surface area (Å²) in [5, 5.41) is 24.4. The number of nitro groups is 1. The van der Waals surface area contributed by atoms with Gasteiger partial charge in [0.2, 0.25) is 5.16 Å². The molecule has 0 aliphatic heterocycles. The van der Waals surface area contributed by atoms with Gasteiger partial charge in [-0.1, -0.05) is 6.07 Å². The average Bonchev–Trinajstić information content (AvgIpc) is 3.19. The third kappa shape index (κ3) is 3.96. The summed E-state index contributed by atoms with van der Waals surface area (Å²) in [4.78, 5) is 11.3. The first kappa shape index (κ1) is 17.4. The molecule has 0 amide bonds. The van der Waals surface area contributed by atoms with Crippen LogP contribution in [0.5, 0.6) is 0 Å². The van der Waals surface area contributed by atoms with E-state index in [9.17, 15) is 23.3 Å². The molecule has 130 valence electrons. The summed E-state index contributed by atoms with van der Waals surface area (Å²) in [7, 11) is 0. The van der Waals surface area contributed by atoms with Gasteiger partial charge in [0.05, 0.1) is 21.9 Å². The highest BCUT2D eigenvalue weighted by Gasteiger charge is 2.33. The zero-order chi connectivity index (χ0) is 18.0. The molecule has 0 N–H and O–H groups in total. The number of benzene rings is 1. The van der Waals surface area contributed by atoms with Gasteiger partial charge in [-0.2, -0.15) is 13.2 Å². The van der Waals surface area contributed by atoms with Crippen molar-refractivity contribution in [3.63, 3.8) is 0 Å². The van der Waals surface area contributed by atoms with Gasteiger partial charge in [0.25, 0.3) is 5.69 Å². The van der Waals surface area contributed by atoms with Gasteiger partial charge in [-0.25, -0.2) is 4.68 Å². The van der Waals surface area contributed by atoms with E-state index in [0.29, 0.717) is 12.6 Å². The van der Waals surface area contributed by atoms with Crippen LogP contribution in [0, 0.1) is 10.1 Å². The fraction of sp³-hybridized carbons (Fsp3) is 0.154. The van der Waals surface area contributed by atoms with E-state index < -0.39 is 22.4 Å². The molecule has 7 nitrogen and oxygen atoms in total. The highest BCUT2D eigenvalue weighted by molar-refractivity contribution is 7.99. The number of aromatic nitrogens is 4. The number of tetrazole rings is 1. The van der Waals surface area contributed by atoms with Crippen molar-refractivity contribution < 1.29 is 18.1 Å². The van der Waals surface area contributed by atoms with Gasteiger partial charge in [0.15, 0.2) is 0 Å². The van der Waals surface area contributed by atoms with E-state index in [0.717, 1.165) is 28.8 Å². The number of hydrogen-bond donors (Lipinski definition) is 0. The lowest BCUT2D eigenvalue weighted by atomic mass is 10.2. The molecule has 0 spiro atoms. The molecular weight excluding hydrogens is 379 g/mol. The van der Waals surface area contributed by atoms with Gasteiger partial charge in [-0.3, -0.25) is 10.1 Å². The molecule has 12 heteroatoms. The van der Waals surface area contributed by atoms with Gasteiger partial charge >= 0.3 is 6.18 Å². The summed E-state index contributed by atoms with van der Waals surface area (Å²) < 4.78 is 39.7. The van der Waals surface area contributed by atoms with Gasteiger partial charge in [-0.05, 0) is 45.8 Å². The van der Waals surface area contributed by atoms with Gasteiger partial charge < -0.3 is 0 Å². The second-order valence-electron chi connectivity index (χ2n) is 4.74. The normalized spacial score (nSPS) is 11.6. The van der Waals surface area contributed by atoms with Crippen LogP contribution in [0.3, 0.4) is 0 Å². The monoisotopic (exact) mass is 387 g/mol. The van der Waals surface area contributed by atoms with E-state index in [-0.39, 0.29) is 10.1 Å². The number of nitro benzene ring substituents is 1. The van der Waals surface area contributed by atoms with Crippen molar-refractivity contribution in [3.05, 3.63) is 56.3 Å². The molecule has 25 heavy (non-hydrogen) atoms. The molecule has 0 saturated heterocycles. The second-order valence-corrected chi connectivity index (χ2v) is 6.78. The third-order valence-corrected chi connectivity index (χ3v) is 4.97. The van der Waals surface area contributed by atoms with Crippen molar-refractivity contribution in [1.82, 2.24) is 20.2 Å². The summed E-state index contributed by atoms with van der Waals surface area (Å²) >= 11 is 2.33. The first-order chi connectivity index (χ1) is 11.8. The van der Waals surface area contributed by atoms with E-state index >= 15 is 0 Å². The number of halogens is 3. The zero-order valence-corrected chi connectivity index (χ0v) is 13.8. The quantitative estimate of drug-likeness (QED) is 0.488. The van der Waals surface area contributed by atoms with Crippen LogP contribution < -0.4 is 0 Å². The Morgan fingerprint density at radius 3 is 2.76 bits per heavy atom. The molecule has 2 aromatic heterocycles. The topological polar surface area (TPSA) is 86.7 Å². The predicted molar refractivity (Wildman–Crippen MR) is 83.5 cm³/mol. The number of rotatable bonds is 5. The van der Waals surface area contributed by atoms with Crippen LogP contribution in [-0.2, 0) is 12.7 Å². The van der Waals surface area contributed by atoms with Crippen LogP contribution in [-0.4, -0.2) is 25.1 Å². The maximum Gasteiger partial charge on any atom is 0.416 e. The molecule has 0 saturated carbocycles. The lowest BCUT2D eigenvalue weighted by Gasteiger charge is -2.08. The van der Waals surface area contributed by atoms with Crippen molar-refractivity contribution in [2.75, 3.05) is 0 Å². The van der Waals surface area contributed by atoms with Crippen molar-refractivity contribution in [2.45, 2.75) is 22.8 Å². The molecule has 2 heterocycles. The second kappa shape index (κ2) is 6.80. The fourth-order valence-electron chi connectivity index (χ4n) is 1.94. The summed E-state index contributed by atoms with van der Waals surface area (Å²) in [6.45, 7) is 0.363. The van der Waals surface area contributed by atoms with Crippen molar-refractivity contribution in [2.24, 2.45) is 0 Å². The van der Waals surface area contributed by atoms with Crippen molar-refractivity contribution >= 4 is 28.8 Å². The van der Waals surface area contributed by atoms with E-state index in [1.165, 1.54) is 16.0 Å². The number of nitrogens with zero attached hydrogens (tertiary/aromatic N) is 5. The Balaban J connectivity index is 1.91. The Morgan fingerprint density at radius 1 is 1.32 bits per heavy atom. The van der Waals surface area contributed by atoms with Gasteiger partial charge in [-0.15, -0.1) is 16.4 Å². The number of alkyl halides is 3. The summed E-state index contributed by atoms with van der Waals surface area (Å²) in [6.07, 6.45) is -4.66. The largest absolute Gasteiger partial charge is 0.416 e. The van der Waals surface area contributed by atoms with Crippen LogP contribution >= 0.6 is 23.1 Å². The molecule has 0 atom stereocenters. The Hall–Kier alpha value is -2.47. The van der Waals surface area contributed by atoms with Crippen molar-refractivity contribution in [3.8, 4) is 0 Å². The maximum atomic E-state index is 12.8. The van der Waals surface area contributed by atoms with Crippen LogP contribution in [0.2, 0.25) is 0 Å². The van der Waals surface area contributed by atoms with Crippen LogP contribution in [0.1, 0.15) is 10.4 Å². The fourth-order valence-corrected chi connectivity index (χ4v) is 3.48. The van der Waals surface area contributed by atoms with Gasteiger partial charge in [0.1, 0.15) is 0 Å². The molecule has 0 aliphatic rings. The Morgan fingerprint density at radius 2 is 2.12 bits per heavy atom. The standard InChI is InChI=1S/C13H8F3N5O2S2/c14-13(15,16)8-3-4-11(10(6-8)21(22)23)25-12-17-18-19-20(12)7-9-2-1-5-24-9/h1-6H,7H2. The van der Waals surface area contributed by atoms with Crippen LogP contribution in [0.4, 0.5) is 18.9 Å². The van der Waals surface area contributed by atoms with E-state index in [1.54, 1.807) is 0 Å². The Labute approximate surface area is 146 Å². The first-order valence-corrected chi connectivity index (χ1v) is 8.36. The molecule has 0 aliphatic carbocycles. The minimum absolute atomic E-state index is 0.0280. The minimum Gasteiger partial charge on any atom is -0.258 e. The molecule has 0 radical (unpaired) electrons. The highest BCUT2D eigenvalue weighted by Crippen LogP contribution is 2.38. The summed E-state index contributed by atoms with van der Waals surface area (Å²) in [5.74, 6) is 0. The highest BCUT2D eigenvalue weighted by atomic mass is 32.2. The molecule has 3 aromatic rings. The smallest absolute Gasteiger partial charge is 0.258 e. The first-order valence-electron chi connectivity index (χ1n) is 6.66. The third-order valence-electron chi connectivity index (χ3n) is 3.07. The Kier molecular flexibility index (Phi) is 4.72. The Bertz CT molecular complexity index is 895. The molecular formula is C13H8F3N5O2S2. The minimum atomic E-state index is -4.66. The lowest BCUT2D eigenvalue weighted by molar-refractivity contribution is -0.388. The SMILES string of the molecule is O=[N+]([O-])c1cc(C(F)(F)F)ccc1Sc1nnnn1Cc1cccs1. The summed E-state index contributed by atoms with van der Waals surface area (Å²) in [5.41, 5.74) is -1.73. The summed E-state index contributed by atoms with van der Waals surface area (Å²) in [6, 6.07) is 6.09. The maximum absolute atomic E-state index is 12.8. The molecule has 1 aromatic carbocycles. The van der Waals surface area contributed by atoms with Crippen LogP contribution in [0.15, 0.2) is 45.8 Å². The van der Waals surface area contributed by atoms with E-state index in [4.69, 9.17) is 0 Å². The predicted octanol–water partition coefficient (Wildman–Crippen LogP) is 3.86. The average molecular weight is 387 g/mol. The van der Waals surface area contributed by atoms with E-state index in [1.807, 2.05) is 17.5 Å². The lowest BCUT2D eigenvalue weighted by Crippen LogP contribution is -2.06. The number of hydrogen-bond acceptors (Lipinski definition) is 7. The van der Waals surface area contributed by atoms with Gasteiger partial charge in [0, 0.05) is 10.9 Å². The van der Waals surface area contributed by atoms with Crippen LogP contribution in [0.25, 0.3) is 0 Å². The molecule has 0 fully saturated rings. The molecule has 0 unspecified atom stereocenters. The zero-order valence-electron chi connectivity index (χ0n) is 12.2. The van der Waals surface area contributed by atoms with Crippen molar-refractivity contribution in [1.29, 1.82) is 0 Å². The number of thiophene rings is 1. The molecule has 0 bridgehead atoms.